The first-order valence-electron chi connectivity index (χ1n) is 11.1. The van der Waals surface area contributed by atoms with Crippen LogP contribution in [0.25, 0.3) is 10.9 Å². The van der Waals surface area contributed by atoms with Crippen LogP contribution < -0.4 is 21.1 Å². The van der Waals surface area contributed by atoms with E-state index < -0.39 is 17.8 Å². The van der Waals surface area contributed by atoms with Crippen LogP contribution in [-0.4, -0.2) is 48.2 Å². The zero-order chi connectivity index (χ0) is 24.6. The number of ether oxygens (including phenoxy) is 1. The number of nitrogens with one attached hydrogen (secondary N) is 2. The molecule has 4 rings (SSSR count). The average Bonchev–Trinajstić information content (AvgIpc) is 3.17. The van der Waals surface area contributed by atoms with Gasteiger partial charge in [0.15, 0.2) is 0 Å². The van der Waals surface area contributed by atoms with E-state index in [0.29, 0.717) is 28.5 Å². The number of rotatable bonds is 6. The Kier molecular flexibility index (Phi) is 6.44. The maximum Gasteiger partial charge on any atom is 0.416 e. The molecule has 182 valence electrons. The summed E-state index contributed by atoms with van der Waals surface area (Å²) in [6.07, 6.45) is -3.46. The number of fused-ring (bicyclic) bond motifs is 1. The third kappa shape index (κ3) is 5.11. The fourth-order valence-corrected chi connectivity index (χ4v) is 4.32. The molecule has 10 heteroatoms. The number of aromatic nitrogens is 2. The van der Waals surface area contributed by atoms with Gasteiger partial charge in [-0.15, -0.1) is 0 Å². The summed E-state index contributed by atoms with van der Waals surface area (Å²) in [6, 6.07) is 7.16. The number of halogens is 3. The second kappa shape index (κ2) is 9.17. The van der Waals surface area contributed by atoms with E-state index in [1.165, 1.54) is 6.07 Å². The molecule has 0 saturated carbocycles. The Hall–Kier alpha value is -3.27. The number of benzene rings is 2. The molecular weight excluding hydrogens is 445 g/mol. The summed E-state index contributed by atoms with van der Waals surface area (Å²) in [5.74, 6) is 1.73. The van der Waals surface area contributed by atoms with Crippen LogP contribution >= 0.6 is 0 Å². The third-order valence-corrected chi connectivity index (χ3v) is 6.04. The van der Waals surface area contributed by atoms with Gasteiger partial charge in [0.2, 0.25) is 0 Å². The van der Waals surface area contributed by atoms with E-state index in [1.54, 1.807) is 21.0 Å². The predicted octanol–water partition coefficient (Wildman–Crippen LogP) is 4.84. The van der Waals surface area contributed by atoms with Gasteiger partial charge in [-0.1, -0.05) is 0 Å². The van der Waals surface area contributed by atoms with Crippen LogP contribution in [-0.2, 0) is 6.18 Å². The van der Waals surface area contributed by atoms with Crippen molar-refractivity contribution in [2.45, 2.75) is 38.5 Å². The molecule has 34 heavy (non-hydrogen) atoms. The summed E-state index contributed by atoms with van der Waals surface area (Å²) in [5.41, 5.74) is 6.95. The van der Waals surface area contributed by atoms with E-state index in [9.17, 15) is 13.2 Å². The first-order chi connectivity index (χ1) is 16.0. The van der Waals surface area contributed by atoms with Crippen LogP contribution in [0.15, 0.2) is 30.3 Å². The SMILES string of the molecule is COc1cc2nc(C)nc(N[C@H](C)c3cc(N)cc(C(F)(F)F)c3)c2cc1N[C@H]1CCN(C)C1. The van der Waals surface area contributed by atoms with Crippen molar-refractivity contribution >= 4 is 28.1 Å². The number of nitrogens with two attached hydrogens (primary N) is 1. The second-order valence-corrected chi connectivity index (χ2v) is 8.83. The lowest BCUT2D eigenvalue weighted by molar-refractivity contribution is -0.137. The molecule has 0 aliphatic carbocycles. The van der Waals surface area contributed by atoms with Crippen LogP contribution in [0.1, 0.15) is 36.3 Å². The summed E-state index contributed by atoms with van der Waals surface area (Å²) >= 11 is 0. The minimum atomic E-state index is -4.48. The molecule has 0 amide bonds. The van der Waals surface area contributed by atoms with Crippen molar-refractivity contribution in [1.82, 2.24) is 14.9 Å². The Balaban J connectivity index is 1.70. The van der Waals surface area contributed by atoms with E-state index in [1.807, 2.05) is 12.1 Å². The van der Waals surface area contributed by atoms with Gasteiger partial charge in [-0.2, -0.15) is 13.2 Å². The monoisotopic (exact) mass is 474 g/mol. The summed E-state index contributed by atoms with van der Waals surface area (Å²) < 4.78 is 45.5. The van der Waals surface area contributed by atoms with Crippen molar-refractivity contribution in [3.8, 4) is 5.75 Å². The Morgan fingerprint density at radius 3 is 2.59 bits per heavy atom. The van der Waals surface area contributed by atoms with Crippen LogP contribution in [0.2, 0.25) is 0 Å². The standard InChI is InChI=1S/C24H29F3N6O/c1-13(15-7-16(24(25,26)27)9-17(28)8-15)29-23-19-10-21(32-18-5-6-33(3)12-18)22(34-4)11-20(19)30-14(2)31-23/h7-11,13,18,32H,5-6,12,28H2,1-4H3,(H,29,30,31)/t13-,18+/m1/s1. The van der Waals surface area contributed by atoms with Crippen LogP contribution in [0.4, 0.5) is 30.4 Å². The van der Waals surface area contributed by atoms with Gasteiger partial charge in [-0.3, -0.25) is 0 Å². The Morgan fingerprint density at radius 2 is 1.94 bits per heavy atom. The number of methoxy groups -OCH3 is 1. The number of likely N-dealkylation sites (tertiary alicyclic amines) is 1. The van der Waals surface area contributed by atoms with Gasteiger partial charge in [-0.25, -0.2) is 9.97 Å². The second-order valence-electron chi connectivity index (χ2n) is 8.83. The molecule has 1 saturated heterocycles. The zero-order valence-corrected chi connectivity index (χ0v) is 19.6. The van der Waals surface area contributed by atoms with Crippen molar-refractivity contribution in [3.05, 3.63) is 47.3 Å². The normalized spacial score (nSPS) is 17.7. The fraction of sp³-hybridized carbons (Fsp3) is 0.417. The predicted molar refractivity (Wildman–Crippen MR) is 128 cm³/mol. The topological polar surface area (TPSA) is 88.3 Å². The van der Waals surface area contributed by atoms with Gasteiger partial charge in [0, 0.05) is 29.7 Å². The zero-order valence-electron chi connectivity index (χ0n) is 19.6. The van der Waals surface area contributed by atoms with Crippen LogP contribution in [0.5, 0.6) is 5.75 Å². The molecule has 0 radical (unpaired) electrons. The average molecular weight is 475 g/mol. The highest BCUT2D eigenvalue weighted by Crippen LogP contribution is 2.36. The maximum atomic E-state index is 13.3. The highest BCUT2D eigenvalue weighted by atomic mass is 19.4. The lowest BCUT2D eigenvalue weighted by atomic mass is 10.0. The Labute approximate surface area is 196 Å². The minimum Gasteiger partial charge on any atom is -0.495 e. The number of aryl methyl sites for hydroxylation is 1. The van der Waals surface area contributed by atoms with Crippen molar-refractivity contribution in [2.24, 2.45) is 0 Å². The van der Waals surface area contributed by atoms with E-state index in [4.69, 9.17) is 10.5 Å². The van der Waals surface area contributed by atoms with Gasteiger partial charge in [0.1, 0.15) is 17.4 Å². The van der Waals surface area contributed by atoms with Gasteiger partial charge >= 0.3 is 6.18 Å². The maximum absolute atomic E-state index is 13.3. The first kappa shape index (κ1) is 23.9. The molecule has 1 fully saturated rings. The number of likely N-dealkylation sites (N-methyl/N-ethyl adjacent to an activating group) is 1. The molecule has 7 nitrogen and oxygen atoms in total. The Morgan fingerprint density at radius 1 is 1.18 bits per heavy atom. The molecule has 0 spiro atoms. The highest BCUT2D eigenvalue weighted by Gasteiger charge is 2.31. The largest absolute Gasteiger partial charge is 0.495 e. The van der Waals surface area contributed by atoms with E-state index in [-0.39, 0.29) is 11.7 Å². The van der Waals surface area contributed by atoms with E-state index >= 15 is 0 Å². The molecule has 4 N–H and O–H groups in total. The molecule has 0 bridgehead atoms. The fourth-order valence-electron chi connectivity index (χ4n) is 4.32. The number of anilines is 3. The van der Waals surface area contributed by atoms with Crippen molar-refractivity contribution in [3.63, 3.8) is 0 Å². The van der Waals surface area contributed by atoms with E-state index in [0.717, 1.165) is 42.7 Å². The third-order valence-electron chi connectivity index (χ3n) is 6.04. The summed E-state index contributed by atoms with van der Waals surface area (Å²) in [7, 11) is 3.69. The summed E-state index contributed by atoms with van der Waals surface area (Å²) in [5, 5.41) is 7.55. The number of hydrogen-bond acceptors (Lipinski definition) is 7. The molecule has 3 aromatic rings. The molecule has 1 aromatic heterocycles. The highest BCUT2D eigenvalue weighted by molar-refractivity contribution is 5.94. The molecule has 1 aliphatic heterocycles. The van der Waals surface area contributed by atoms with Gasteiger partial charge in [-0.05, 0) is 63.7 Å². The van der Waals surface area contributed by atoms with Crippen LogP contribution in [0, 0.1) is 6.92 Å². The minimum absolute atomic E-state index is 0.0555. The van der Waals surface area contributed by atoms with E-state index in [2.05, 4.69) is 32.5 Å². The smallest absolute Gasteiger partial charge is 0.416 e. The molecule has 1 aliphatic rings. The number of hydrogen-bond donors (Lipinski definition) is 3. The van der Waals surface area contributed by atoms with Gasteiger partial charge < -0.3 is 26.0 Å². The first-order valence-corrected chi connectivity index (χ1v) is 11.1. The lowest BCUT2D eigenvalue weighted by Crippen LogP contribution is -2.23. The van der Waals surface area contributed by atoms with Gasteiger partial charge in [0.25, 0.3) is 0 Å². The van der Waals surface area contributed by atoms with Gasteiger partial charge in [0.05, 0.1) is 29.9 Å². The van der Waals surface area contributed by atoms with Crippen LogP contribution in [0.3, 0.4) is 0 Å². The molecular formula is C24H29F3N6O. The van der Waals surface area contributed by atoms with Crippen molar-refractivity contribution in [2.75, 3.05) is 43.6 Å². The number of nitrogen functional groups attached to an aromatic ring is 1. The molecule has 0 unspecified atom stereocenters. The quantitative estimate of drug-likeness (QED) is 0.441. The number of alkyl halides is 3. The lowest BCUT2D eigenvalue weighted by Gasteiger charge is -2.21. The molecule has 2 aromatic carbocycles. The number of nitrogens with zero attached hydrogens (tertiary/aromatic N) is 3. The Bertz CT molecular complexity index is 1200. The molecule has 2 heterocycles. The van der Waals surface area contributed by atoms with Crippen molar-refractivity contribution in [1.29, 1.82) is 0 Å². The summed E-state index contributed by atoms with van der Waals surface area (Å²) in [6.45, 7) is 5.48. The summed E-state index contributed by atoms with van der Waals surface area (Å²) in [4.78, 5) is 11.3. The van der Waals surface area contributed by atoms with Crippen molar-refractivity contribution < 1.29 is 17.9 Å². The molecule has 2 atom stereocenters.